The number of carbonyl (C=O) groups excluding carboxylic acids is 1. The fourth-order valence-corrected chi connectivity index (χ4v) is 2.93. The molecule has 0 radical (unpaired) electrons. The molecule has 1 aliphatic heterocycles. The Bertz CT molecular complexity index is 613. The Kier molecular flexibility index (Phi) is 5.38. The van der Waals surface area contributed by atoms with E-state index in [-0.39, 0.29) is 18.0 Å². The highest BCUT2D eigenvalue weighted by Crippen LogP contribution is 2.22. The van der Waals surface area contributed by atoms with Crippen molar-refractivity contribution in [2.24, 2.45) is 0 Å². The zero-order valence-corrected chi connectivity index (χ0v) is 15.2. The monoisotopic (exact) mass is 337 g/mol. The van der Waals surface area contributed by atoms with E-state index in [2.05, 4.69) is 4.90 Å². The lowest BCUT2D eigenvalue weighted by molar-refractivity contribution is 0.000538. The predicted octanol–water partition coefficient (Wildman–Crippen LogP) is 3.16. The van der Waals surface area contributed by atoms with Gasteiger partial charge in [-0.05, 0) is 57.9 Å². The molecule has 2 N–H and O–H groups in total. The summed E-state index contributed by atoms with van der Waals surface area (Å²) < 4.78 is 19.1. The summed E-state index contributed by atoms with van der Waals surface area (Å²) in [6.45, 7) is 12.2. The number of halogens is 1. The zero-order chi connectivity index (χ0) is 18.1. The van der Waals surface area contributed by atoms with Crippen molar-refractivity contribution in [2.75, 3.05) is 25.4 Å². The average molecular weight is 337 g/mol. The Morgan fingerprint density at radius 3 is 2.62 bits per heavy atom. The average Bonchev–Trinajstić information content (AvgIpc) is 2.42. The molecule has 24 heavy (non-hydrogen) atoms. The number of hydrogen-bond acceptors (Lipinski definition) is 4. The molecule has 0 unspecified atom stereocenters. The molecule has 0 bridgehead atoms. The molecule has 134 valence electrons. The highest BCUT2D eigenvalue weighted by Gasteiger charge is 2.30. The highest BCUT2D eigenvalue weighted by molar-refractivity contribution is 5.68. The maximum absolute atomic E-state index is 13.6. The van der Waals surface area contributed by atoms with Crippen LogP contribution in [-0.2, 0) is 11.3 Å². The first kappa shape index (κ1) is 18.5. The van der Waals surface area contributed by atoms with E-state index in [9.17, 15) is 9.18 Å². The minimum atomic E-state index is -0.496. The molecule has 1 atom stereocenters. The second-order valence-corrected chi connectivity index (χ2v) is 7.54. The maximum Gasteiger partial charge on any atom is 0.410 e. The molecular formula is C18H28FN3O2. The van der Waals surface area contributed by atoms with E-state index in [0.29, 0.717) is 18.8 Å². The fourth-order valence-electron chi connectivity index (χ4n) is 2.93. The van der Waals surface area contributed by atoms with Crippen LogP contribution in [0.1, 0.15) is 38.8 Å². The minimum absolute atomic E-state index is 0.0415. The number of amides is 1. The van der Waals surface area contributed by atoms with Gasteiger partial charge in [0.1, 0.15) is 11.4 Å². The van der Waals surface area contributed by atoms with Crippen LogP contribution in [0.25, 0.3) is 0 Å². The zero-order valence-electron chi connectivity index (χ0n) is 15.2. The van der Waals surface area contributed by atoms with E-state index in [1.54, 1.807) is 4.90 Å². The topological polar surface area (TPSA) is 58.8 Å². The van der Waals surface area contributed by atoms with E-state index in [4.69, 9.17) is 10.5 Å². The summed E-state index contributed by atoms with van der Waals surface area (Å²) in [5.74, 6) is -0.312. The number of anilines is 1. The van der Waals surface area contributed by atoms with E-state index >= 15 is 0 Å². The van der Waals surface area contributed by atoms with Crippen LogP contribution in [0.4, 0.5) is 14.9 Å². The van der Waals surface area contributed by atoms with Gasteiger partial charge in [-0.1, -0.05) is 0 Å². The van der Waals surface area contributed by atoms with Crippen LogP contribution in [0.3, 0.4) is 0 Å². The van der Waals surface area contributed by atoms with Crippen molar-refractivity contribution < 1.29 is 13.9 Å². The van der Waals surface area contributed by atoms with Gasteiger partial charge in [-0.25, -0.2) is 9.18 Å². The second kappa shape index (κ2) is 6.97. The number of ether oxygens (including phenoxy) is 1. The third-order valence-electron chi connectivity index (χ3n) is 4.25. The van der Waals surface area contributed by atoms with Crippen molar-refractivity contribution in [1.82, 2.24) is 9.80 Å². The number of benzene rings is 1. The van der Waals surface area contributed by atoms with Crippen molar-refractivity contribution in [1.29, 1.82) is 0 Å². The van der Waals surface area contributed by atoms with Gasteiger partial charge in [0, 0.05) is 37.9 Å². The predicted molar refractivity (Wildman–Crippen MR) is 93.2 cm³/mol. The first-order valence-corrected chi connectivity index (χ1v) is 8.33. The molecule has 2 rings (SSSR count). The number of hydrogen-bond donors (Lipinski definition) is 1. The molecule has 1 saturated heterocycles. The van der Waals surface area contributed by atoms with Crippen LogP contribution < -0.4 is 5.73 Å². The van der Waals surface area contributed by atoms with Gasteiger partial charge < -0.3 is 15.4 Å². The van der Waals surface area contributed by atoms with Crippen molar-refractivity contribution in [2.45, 2.75) is 52.8 Å². The molecule has 0 aliphatic carbocycles. The minimum Gasteiger partial charge on any atom is -0.444 e. The Hall–Kier alpha value is -1.82. The van der Waals surface area contributed by atoms with Crippen LogP contribution in [0.5, 0.6) is 0 Å². The van der Waals surface area contributed by atoms with Gasteiger partial charge in [0.15, 0.2) is 0 Å². The molecule has 1 aromatic rings. The van der Waals surface area contributed by atoms with Crippen molar-refractivity contribution in [3.05, 3.63) is 29.1 Å². The summed E-state index contributed by atoms with van der Waals surface area (Å²) in [5.41, 5.74) is 7.64. The summed E-state index contributed by atoms with van der Waals surface area (Å²) in [5, 5.41) is 0. The van der Waals surface area contributed by atoms with Gasteiger partial charge in [-0.2, -0.15) is 0 Å². The molecular weight excluding hydrogens is 309 g/mol. The van der Waals surface area contributed by atoms with Crippen molar-refractivity contribution >= 4 is 11.8 Å². The summed E-state index contributed by atoms with van der Waals surface area (Å²) in [7, 11) is 0. The molecule has 1 fully saturated rings. The lowest BCUT2D eigenvalue weighted by atomic mass is 10.0. The number of nitrogens with zero attached hydrogens (tertiary/aromatic N) is 2. The van der Waals surface area contributed by atoms with E-state index in [1.165, 1.54) is 12.1 Å². The van der Waals surface area contributed by atoms with Crippen LogP contribution in [0, 0.1) is 12.7 Å². The summed E-state index contributed by atoms with van der Waals surface area (Å²) in [4.78, 5) is 16.2. The normalized spacial score (nSPS) is 19.4. The van der Waals surface area contributed by atoms with Crippen molar-refractivity contribution in [3.8, 4) is 0 Å². The van der Waals surface area contributed by atoms with Gasteiger partial charge in [0.25, 0.3) is 0 Å². The number of piperazine rings is 1. The van der Waals surface area contributed by atoms with Gasteiger partial charge in [0.05, 0.1) is 0 Å². The number of rotatable bonds is 2. The Balaban J connectivity index is 2.00. The molecule has 0 spiro atoms. The fraction of sp³-hybridized carbons (Fsp3) is 0.611. The molecule has 1 heterocycles. The first-order chi connectivity index (χ1) is 11.1. The van der Waals surface area contributed by atoms with Gasteiger partial charge in [-0.15, -0.1) is 0 Å². The molecule has 0 aromatic heterocycles. The second-order valence-electron chi connectivity index (χ2n) is 7.54. The quantitative estimate of drug-likeness (QED) is 0.842. The van der Waals surface area contributed by atoms with Crippen LogP contribution in [0.15, 0.2) is 12.1 Å². The van der Waals surface area contributed by atoms with Crippen LogP contribution in [-0.4, -0.2) is 47.2 Å². The largest absolute Gasteiger partial charge is 0.444 e. The Morgan fingerprint density at radius 1 is 1.38 bits per heavy atom. The molecule has 6 heteroatoms. The maximum atomic E-state index is 13.6. The Labute approximate surface area is 143 Å². The van der Waals surface area contributed by atoms with Crippen molar-refractivity contribution in [3.63, 3.8) is 0 Å². The summed E-state index contributed by atoms with van der Waals surface area (Å²) >= 11 is 0. The molecule has 1 amide bonds. The molecule has 0 saturated carbocycles. The van der Waals surface area contributed by atoms with E-state index < -0.39 is 5.60 Å². The molecule has 1 aromatic carbocycles. The van der Waals surface area contributed by atoms with E-state index in [1.807, 2.05) is 34.6 Å². The van der Waals surface area contributed by atoms with Gasteiger partial charge in [0.2, 0.25) is 0 Å². The number of nitrogens with two attached hydrogens (primary N) is 1. The van der Waals surface area contributed by atoms with Crippen LogP contribution in [0.2, 0.25) is 0 Å². The van der Waals surface area contributed by atoms with E-state index in [0.717, 1.165) is 24.2 Å². The van der Waals surface area contributed by atoms with Gasteiger partial charge in [-0.3, -0.25) is 4.90 Å². The third-order valence-corrected chi connectivity index (χ3v) is 4.25. The third kappa shape index (κ3) is 4.60. The number of nitrogen functional groups attached to an aromatic ring is 1. The lowest BCUT2D eigenvalue weighted by Gasteiger charge is -2.40. The summed E-state index contributed by atoms with van der Waals surface area (Å²) in [6, 6.07) is 2.93. The summed E-state index contributed by atoms with van der Waals surface area (Å²) in [6.07, 6.45) is -0.277. The van der Waals surface area contributed by atoms with Crippen LogP contribution >= 0.6 is 0 Å². The van der Waals surface area contributed by atoms with Gasteiger partial charge >= 0.3 is 6.09 Å². The Morgan fingerprint density at radius 2 is 2.04 bits per heavy atom. The number of carbonyl (C=O) groups is 1. The molecule has 5 nitrogen and oxygen atoms in total. The SMILES string of the molecule is Cc1c(N)cc(F)cc1CN1CCN(C(=O)OC(C)(C)C)[C@@H](C)C1. The highest BCUT2D eigenvalue weighted by atomic mass is 19.1. The molecule has 1 aliphatic rings. The first-order valence-electron chi connectivity index (χ1n) is 8.33. The standard InChI is InChI=1S/C18H28FN3O2/c1-12-10-21(6-7-22(12)17(23)24-18(3,4)5)11-14-8-15(19)9-16(20)13(14)2/h8-9,12H,6-7,10-11,20H2,1-5H3/t12-/m0/s1. The lowest BCUT2D eigenvalue weighted by Crippen LogP contribution is -2.54. The smallest absolute Gasteiger partial charge is 0.410 e.